The molecule has 0 aliphatic heterocycles. The molecule has 6 heteroatoms. The Bertz CT molecular complexity index is 950. The zero-order valence-corrected chi connectivity index (χ0v) is 16.8. The third kappa shape index (κ3) is 5.33. The molecule has 28 heavy (non-hydrogen) atoms. The second-order valence-electron chi connectivity index (χ2n) is 6.07. The molecule has 0 saturated heterocycles. The van der Waals surface area contributed by atoms with E-state index in [0.29, 0.717) is 22.4 Å². The van der Waals surface area contributed by atoms with E-state index in [-0.39, 0.29) is 11.3 Å². The molecule has 0 atom stereocenters. The van der Waals surface area contributed by atoms with E-state index in [9.17, 15) is 14.0 Å². The molecule has 0 spiro atoms. The molecule has 0 fully saturated rings. The fraction of sp³-hybridized carbons (Fsp3) is 0.182. The fourth-order valence-electron chi connectivity index (χ4n) is 2.23. The molecule has 0 amide bonds. The summed E-state index contributed by atoms with van der Waals surface area (Å²) in [5.74, 6) is -0.447. The highest BCUT2D eigenvalue weighted by atomic mass is 32.2. The number of carbonyl (C=O) groups excluding carboxylic acids is 2. The van der Waals surface area contributed by atoms with Gasteiger partial charge in [-0.3, -0.25) is 0 Å². The van der Waals surface area contributed by atoms with Crippen LogP contribution >= 0.6 is 11.8 Å². The minimum Gasteiger partial charge on any atom is -0.423 e. The van der Waals surface area contributed by atoms with Crippen molar-refractivity contribution in [1.29, 1.82) is 0 Å². The molecule has 0 heterocycles. The molecular formula is C22H21FO4S. The van der Waals surface area contributed by atoms with Crippen LogP contribution in [-0.4, -0.2) is 17.7 Å². The maximum atomic E-state index is 14.7. The summed E-state index contributed by atoms with van der Waals surface area (Å²) in [6.07, 6.45) is 0. The van der Waals surface area contributed by atoms with Crippen molar-refractivity contribution in [3.63, 3.8) is 0 Å². The van der Waals surface area contributed by atoms with Gasteiger partial charge in [-0.05, 0) is 55.5 Å². The van der Waals surface area contributed by atoms with Gasteiger partial charge in [0.15, 0.2) is 0 Å². The molecule has 2 rings (SSSR count). The molecule has 2 aromatic rings. The summed E-state index contributed by atoms with van der Waals surface area (Å²) in [6.45, 7) is 12.1. The number of carbonyl (C=O) groups is 2. The molecule has 146 valence electrons. The molecule has 0 N–H and O–H groups in total. The van der Waals surface area contributed by atoms with Crippen LogP contribution in [0.2, 0.25) is 0 Å². The molecular weight excluding hydrogens is 379 g/mol. The van der Waals surface area contributed by atoms with Crippen molar-refractivity contribution >= 4 is 23.7 Å². The van der Waals surface area contributed by atoms with E-state index in [1.807, 2.05) is 6.92 Å². The minimum absolute atomic E-state index is 0.103. The normalized spacial score (nSPS) is 10.3. The van der Waals surface area contributed by atoms with Gasteiger partial charge in [0.2, 0.25) is 0 Å². The third-order valence-electron chi connectivity index (χ3n) is 3.60. The fourth-order valence-corrected chi connectivity index (χ4v) is 3.07. The van der Waals surface area contributed by atoms with Crippen molar-refractivity contribution in [1.82, 2.24) is 0 Å². The van der Waals surface area contributed by atoms with Crippen molar-refractivity contribution in [2.24, 2.45) is 0 Å². The number of benzene rings is 2. The van der Waals surface area contributed by atoms with Gasteiger partial charge in [0.25, 0.3) is 0 Å². The molecule has 0 bridgehead atoms. The van der Waals surface area contributed by atoms with E-state index in [4.69, 9.17) is 9.47 Å². The largest absolute Gasteiger partial charge is 0.423 e. The SMILES string of the molecule is C=C(C)C(=O)Oc1ccc(-c2ccc(OC(=O)C(=C)C)cc2SCC)c(F)c1. The molecule has 0 aliphatic carbocycles. The number of ether oxygens (including phenoxy) is 2. The maximum absolute atomic E-state index is 14.7. The van der Waals surface area contributed by atoms with Gasteiger partial charge in [-0.15, -0.1) is 11.8 Å². The van der Waals surface area contributed by atoms with Gasteiger partial charge in [-0.25, -0.2) is 14.0 Å². The topological polar surface area (TPSA) is 52.6 Å². The lowest BCUT2D eigenvalue weighted by Crippen LogP contribution is -2.08. The Kier molecular flexibility index (Phi) is 7.18. The summed E-state index contributed by atoms with van der Waals surface area (Å²) < 4.78 is 25.0. The summed E-state index contributed by atoms with van der Waals surface area (Å²) in [6, 6.07) is 9.21. The van der Waals surface area contributed by atoms with E-state index in [2.05, 4.69) is 13.2 Å². The van der Waals surface area contributed by atoms with Gasteiger partial charge in [0.1, 0.15) is 17.3 Å². The number of hydrogen-bond donors (Lipinski definition) is 0. The minimum atomic E-state index is -0.613. The lowest BCUT2D eigenvalue weighted by molar-refractivity contribution is -0.130. The average Bonchev–Trinajstić information content (AvgIpc) is 2.62. The Morgan fingerprint density at radius 3 is 1.89 bits per heavy atom. The summed E-state index contributed by atoms with van der Waals surface area (Å²) >= 11 is 1.50. The van der Waals surface area contributed by atoms with Crippen LogP contribution in [-0.2, 0) is 9.59 Å². The first kappa shape index (κ1) is 21.4. The van der Waals surface area contributed by atoms with Crippen LogP contribution in [0.25, 0.3) is 11.1 Å². The highest BCUT2D eigenvalue weighted by molar-refractivity contribution is 7.99. The Balaban J connectivity index is 2.37. The number of hydrogen-bond acceptors (Lipinski definition) is 5. The molecule has 0 unspecified atom stereocenters. The smallest absolute Gasteiger partial charge is 0.338 e. The summed E-state index contributed by atoms with van der Waals surface area (Å²) in [5.41, 5.74) is 1.52. The Morgan fingerprint density at radius 1 is 0.929 bits per heavy atom. The standard InChI is InChI=1S/C22H21FO4S/c1-6-28-20-12-16(27-22(25)14(4)5)8-10-18(20)17-9-7-15(11-19(17)23)26-21(24)13(2)3/h7-12H,2,4,6H2,1,3,5H3. The molecule has 0 aliphatic rings. The van der Waals surface area contributed by atoms with E-state index in [1.165, 1.54) is 24.8 Å². The zero-order chi connectivity index (χ0) is 20.8. The number of rotatable bonds is 7. The average molecular weight is 400 g/mol. The third-order valence-corrected chi connectivity index (χ3v) is 4.54. The molecule has 4 nitrogen and oxygen atoms in total. The van der Waals surface area contributed by atoms with E-state index in [0.717, 1.165) is 16.7 Å². The van der Waals surface area contributed by atoms with Gasteiger partial charge in [0, 0.05) is 27.7 Å². The van der Waals surface area contributed by atoms with Crippen molar-refractivity contribution < 1.29 is 23.5 Å². The van der Waals surface area contributed by atoms with Gasteiger partial charge in [-0.1, -0.05) is 20.1 Å². The second kappa shape index (κ2) is 9.37. The van der Waals surface area contributed by atoms with Crippen molar-refractivity contribution in [2.45, 2.75) is 25.7 Å². The number of thioether (sulfide) groups is 1. The van der Waals surface area contributed by atoms with Gasteiger partial charge in [0.05, 0.1) is 0 Å². The van der Waals surface area contributed by atoms with E-state index < -0.39 is 17.8 Å². The highest BCUT2D eigenvalue weighted by Crippen LogP contribution is 2.36. The van der Waals surface area contributed by atoms with Gasteiger partial charge < -0.3 is 9.47 Å². The molecule has 0 aromatic heterocycles. The first-order valence-corrected chi connectivity index (χ1v) is 9.53. The first-order chi connectivity index (χ1) is 13.2. The van der Waals surface area contributed by atoms with E-state index >= 15 is 0 Å². The molecule has 0 radical (unpaired) electrons. The number of halogens is 1. The van der Waals surface area contributed by atoms with E-state index in [1.54, 1.807) is 31.2 Å². The van der Waals surface area contributed by atoms with Crippen molar-refractivity contribution in [2.75, 3.05) is 5.75 Å². The predicted molar refractivity (Wildman–Crippen MR) is 109 cm³/mol. The van der Waals surface area contributed by atoms with Crippen LogP contribution in [0.4, 0.5) is 4.39 Å². The van der Waals surface area contributed by atoms with Gasteiger partial charge in [-0.2, -0.15) is 0 Å². The predicted octanol–water partition coefficient (Wildman–Crippen LogP) is 5.57. The lowest BCUT2D eigenvalue weighted by Gasteiger charge is -2.13. The monoisotopic (exact) mass is 400 g/mol. The second-order valence-corrected chi connectivity index (χ2v) is 7.38. The summed E-state index contributed by atoms with van der Waals surface area (Å²) in [4.78, 5) is 24.1. The molecule has 2 aromatic carbocycles. The molecule has 0 saturated carbocycles. The van der Waals surface area contributed by atoms with Crippen molar-refractivity contribution in [3.05, 3.63) is 66.5 Å². The lowest BCUT2D eigenvalue weighted by atomic mass is 10.0. The summed E-state index contributed by atoms with van der Waals surface area (Å²) in [7, 11) is 0. The first-order valence-electron chi connectivity index (χ1n) is 8.55. The quantitative estimate of drug-likeness (QED) is 0.263. The van der Waals surface area contributed by atoms with Crippen molar-refractivity contribution in [3.8, 4) is 22.6 Å². The Morgan fingerprint density at radius 2 is 1.43 bits per heavy atom. The van der Waals surface area contributed by atoms with Crippen LogP contribution in [0.3, 0.4) is 0 Å². The van der Waals surface area contributed by atoms with Crippen LogP contribution in [0, 0.1) is 5.82 Å². The zero-order valence-electron chi connectivity index (χ0n) is 16.0. The maximum Gasteiger partial charge on any atom is 0.338 e. The Hall–Kier alpha value is -2.86. The van der Waals surface area contributed by atoms with Crippen LogP contribution in [0.15, 0.2) is 65.6 Å². The van der Waals surface area contributed by atoms with Gasteiger partial charge >= 0.3 is 11.9 Å². The van der Waals surface area contributed by atoms with Crippen LogP contribution in [0.5, 0.6) is 11.5 Å². The number of esters is 2. The van der Waals surface area contributed by atoms with Crippen LogP contribution < -0.4 is 9.47 Å². The highest BCUT2D eigenvalue weighted by Gasteiger charge is 2.15. The summed E-state index contributed by atoms with van der Waals surface area (Å²) in [5, 5.41) is 0. The Labute approximate surface area is 168 Å². The van der Waals surface area contributed by atoms with Crippen LogP contribution in [0.1, 0.15) is 20.8 Å².